The van der Waals surface area contributed by atoms with Gasteiger partial charge in [-0.1, -0.05) is 5.11 Å². The second-order valence-corrected chi connectivity index (χ2v) is 2.88. The first-order chi connectivity index (χ1) is 6.56. The molecule has 0 bridgehead atoms. The second kappa shape index (κ2) is 3.84. The van der Waals surface area contributed by atoms with Crippen LogP contribution in [-0.2, 0) is 4.79 Å². The van der Waals surface area contributed by atoms with Crippen LogP contribution in [0.1, 0.15) is 6.42 Å². The van der Waals surface area contributed by atoms with Gasteiger partial charge in [-0.3, -0.25) is 4.90 Å². The highest BCUT2D eigenvalue weighted by molar-refractivity contribution is 5.80. The Bertz CT molecular complexity index is 289. The van der Waals surface area contributed by atoms with E-state index >= 15 is 0 Å². The Balaban J connectivity index is 2.79. The average Bonchev–Trinajstić information content (AvgIpc) is 2.49. The van der Waals surface area contributed by atoms with E-state index in [9.17, 15) is 9.59 Å². The van der Waals surface area contributed by atoms with Gasteiger partial charge in [0.2, 0.25) is 0 Å². The third kappa shape index (κ3) is 1.86. The van der Waals surface area contributed by atoms with Gasteiger partial charge in [-0.2, -0.15) is 0 Å². The Kier molecular flexibility index (Phi) is 2.78. The number of azide groups is 1. The zero-order valence-electron chi connectivity index (χ0n) is 7.07. The summed E-state index contributed by atoms with van der Waals surface area (Å²) in [7, 11) is 0. The molecule has 2 atom stereocenters. The van der Waals surface area contributed by atoms with Gasteiger partial charge in [0, 0.05) is 11.5 Å². The van der Waals surface area contributed by atoms with E-state index in [1.54, 1.807) is 0 Å². The summed E-state index contributed by atoms with van der Waals surface area (Å²) < 4.78 is 0. The van der Waals surface area contributed by atoms with Crippen LogP contribution in [0.25, 0.3) is 10.4 Å². The van der Waals surface area contributed by atoms with E-state index in [2.05, 4.69) is 10.0 Å². The van der Waals surface area contributed by atoms with E-state index in [-0.39, 0.29) is 13.0 Å². The van der Waals surface area contributed by atoms with Crippen molar-refractivity contribution in [2.45, 2.75) is 18.5 Å². The summed E-state index contributed by atoms with van der Waals surface area (Å²) in [6.45, 7) is -0.0592. The number of carboxylic acid groups (broad SMARTS) is 2. The number of nitrogens with zero attached hydrogens (tertiary/aromatic N) is 4. The van der Waals surface area contributed by atoms with Gasteiger partial charge in [0.15, 0.2) is 0 Å². The van der Waals surface area contributed by atoms with Crippen molar-refractivity contribution in [2.24, 2.45) is 5.11 Å². The highest BCUT2D eigenvalue weighted by Gasteiger charge is 2.39. The molecule has 0 unspecified atom stereocenters. The summed E-state index contributed by atoms with van der Waals surface area (Å²) in [5, 5.41) is 20.6. The van der Waals surface area contributed by atoms with E-state index in [1.807, 2.05) is 0 Å². The zero-order chi connectivity index (χ0) is 10.7. The van der Waals surface area contributed by atoms with Gasteiger partial charge in [0.25, 0.3) is 0 Å². The maximum absolute atomic E-state index is 10.6. The van der Waals surface area contributed by atoms with Crippen LogP contribution in [0.4, 0.5) is 4.79 Å². The number of rotatable bonds is 2. The van der Waals surface area contributed by atoms with Crippen molar-refractivity contribution in [3.05, 3.63) is 10.4 Å². The van der Waals surface area contributed by atoms with Crippen molar-refractivity contribution >= 4 is 12.1 Å². The molecule has 8 nitrogen and oxygen atoms in total. The average molecular weight is 200 g/mol. The van der Waals surface area contributed by atoms with Gasteiger partial charge in [-0.15, -0.1) is 0 Å². The van der Waals surface area contributed by atoms with E-state index in [4.69, 9.17) is 15.7 Å². The Hall–Kier alpha value is -1.95. The summed E-state index contributed by atoms with van der Waals surface area (Å²) in [6, 6.07) is -1.69. The van der Waals surface area contributed by atoms with Gasteiger partial charge in [0.1, 0.15) is 6.04 Å². The highest BCUT2D eigenvalue weighted by atomic mass is 16.4. The summed E-state index contributed by atoms with van der Waals surface area (Å²) in [5.74, 6) is -1.22. The lowest BCUT2D eigenvalue weighted by molar-refractivity contribution is -0.141. The molecule has 0 aliphatic carbocycles. The topological polar surface area (TPSA) is 127 Å². The Labute approximate surface area is 78.4 Å². The van der Waals surface area contributed by atoms with Crippen molar-refractivity contribution in [2.75, 3.05) is 6.54 Å². The molecule has 1 fully saturated rings. The molecule has 1 rings (SSSR count). The zero-order valence-corrected chi connectivity index (χ0v) is 7.07. The molecule has 8 heteroatoms. The van der Waals surface area contributed by atoms with Crippen LogP contribution < -0.4 is 0 Å². The largest absolute Gasteiger partial charge is 0.480 e. The second-order valence-electron chi connectivity index (χ2n) is 2.88. The number of carbonyl (C=O) groups is 2. The van der Waals surface area contributed by atoms with Crippen molar-refractivity contribution in [3.63, 3.8) is 0 Å². The molecular formula is C6H8N4O4. The molecule has 1 amide bonds. The monoisotopic (exact) mass is 200 g/mol. The van der Waals surface area contributed by atoms with Gasteiger partial charge in [-0.05, 0) is 12.0 Å². The molecular weight excluding hydrogens is 192 g/mol. The molecule has 2 N–H and O–H groups in total. The SMILES string of the molecule is [N-]=[N+]=N[C@H]1C[C@@H](C(=O)O)N(C(=O)O)C1. The lowest BCUT2D eigenvalue weighted by atomic mass is 10.2. The van der Waals surface area contributed by atoms with Crippen molar-refractivity contribution < 1.29 is 19.8 Å². The smallest absolute Gasteiger partial charge is 0.408 e. The Morgan fingerprint density at radius 2 is 2.14 bits per heavy atom. The lowest BCUT2D eigenvalue weighted by Gasteiger charge is -2.16. The quantitative estimate of drug-likeness (QED) is 0.382. The number of amides is 1. The normalized spacial score (nSPS) is 25.6. The van der Waals surface area contributed by atoms with E-state index in [1.165, 1.54) is 0 Å². The van der Waals surface area contributed by atoms with Crippen molar-refractivity contribution in [3.8, 4) is 0 Å². The lowest BCUT2D eigenvalue weighted by Crippen LogP contribution is -2.39. The molecule has 76 valence electrons. The summed E-state index contributed by atoms with van der Waals surface area (Å²) in [5.41, 5.74) is 8.12. The highest BCUT2D eigenvalue weighted by Crippen LogP contribution is 2.20. The Morgan fingerprint density at radius 1 is 1.50 bits per heavy atom. The van der Waals surface area contributed by atoms with Crippen LogP contribution in [-0.4, -0.2) is 45.8 Å². The molecule has 1 aliphatic rings. The van der Waals surface area contributed by atoms with Crippen molar-refractivity contribution in [1.82, 2.24) is 4.90 Å². The fourth-order valence-electron chi connectivity index (χ4n) is 1.42. The molecule has 1 aliphatic heterocycles. The maximum Gasteiger partial charge on any atom is 0.408 e. The molecule has 0 aromatic heterocycles. The minimum absolute atomic E-state index is 0.0334. The van der Waals surface area contributed by atoms with Crippen LogP contribution in [0.5, 0.6) is 0 Å². The number of hydrogen-bond acceptors (Lipinski definition) is 3. The predicted molar refractivity (Wildman–Crippen MR) is 43.7 cm³/mol. The minimum Gasteiger partial charge on any atom is -0.480 e. The van der Waals surface area contributed by atoms with Crippen LogP contribution in [0, 0.1) is 0 Å². The van der Waals surface area contributed by atoms with Crippen LogP contribution in [0.2, 0.25) is 0 Å². The summed E-state index contributed by atoms with van der Waals surface area (Å²) >= 11 is 0. The molecule has 0 radical (unpaired) electrons. The molecule has 0 spiro atoms. The molecule has 0 aromatic carbocycles. The minimum atomic E-state index is -1.31. The number of likely N-dealkylation sites (tertiary alicyclic amines) is 1. The number of aliphatic carboxylic acids is 1. The fraction of sp³-hybridized carbons (Fsp3) is 0.667. The van der Waals surface area contributed by atoms with Crippen LogP contribution >= 0.6 is 0 Å². The molecule has 1 heterocycles. The summed E-state index contributed by atoms with van der Waals surface area (Å²) in [6.07, 6.45) is -1.28. The Morgan fingerprint density at radius 3 is 2.50 bits per heavy atom. The van der Waals surface area contributed by atoms with E-state index in [0.29, 0.717) is 0 Å². The first-order valence-electron chi connectivity index (χ1n) is 3.83. The molecule has 0 saturated carbocycles. The van der Waals surface area contributed by atoms with Gasteiger partial charge >= 0.3 is 12.1 Å². The first kappa shape index (κ1) is 10.1. The van der Waals surface area contributed by atoms with Gasteiger partial charge in [0.05, 0.1) is 6.04 Å². The van der Waals surface area contributed by atoms with Gasteiger partial charge < -0.3 is 10.2 Å². The predicted octanol–water partition coefficient (Wildman–Crippen LogP) is 0.502. The third-order valence-electron chi connectivity index (χ3n) is 2.02. The molecule has 14 heavy (non-hydrogen) atoms. The van der Waals surface area contributed by atoms with E-state index < -0.39 is 24.1 Å². The third-order valence-corrected chi connectivity index (χ3v) is 2.02. The summed E-state index contributed by atoms with van der Waals surface area (Å²) in [4.78, 5) is 24.5. The fourth-order valence-corrected chi connectivity index (χ4v) is 1.42. The number of carboxylic acids is 1. The van der Waals surface area contributed by atoms with Crippen molar-refractivity contribution in [1.29, 1.82) is 0 Å². The molecule has 1 saturated heterocycles. The van der Waals surface area contributed by atoms with Gasteiger partial charge in [-0.25, -0.2) is 9.59 Å². The number of hydrogen-bond donors (Lipinski definition) is 2. The molecule has 0 aromatic rings. The van der Waals surface area contributed by atoms with Crippen LogP contribution in [0.3, 0.4) is 0 Å². The maximum atomic E-state index is 10.6. The van der Waals surface area contributed by atoms with Crippen LogP contribution in [0.15, 0.2) is 5.11 Å². The standard InChI is InChI=1S/C6H8N4O4/c7-9-8-3-1-4(5(11)12)10(2-3)6(13)14/h3-4H,1-2H2,(H,11,12)(H,13,14)/t3-,4-/m0/s1. The first-order valence-corrected chi connectivity index (χ1v) is 3.83. The van der Waals surface area contributed by atoms with E-state index in [0.717, 1.165) is 4.90 Å².